The molecule has 1 heterocycles. The van der Waals surface area contributed by atoms with Crippen LogP contribution in [0.2, 0.25) is 0 Å². The van der Waals surface area contributed by atoms with Gasteiger partial charge in [0.2, 0.25) is 15.9 Å². The monoisotopic (exact) mass is 450 g/mol. The highest BCUT2D eigenvalue weighted by atomic mass is 32.2. The molecule has 7 heteroatoms. The van der Waals surface area contributed by atoms with Gasteiger partial charge >= 0.3 is 0 Å². The molecule has 0 aliphatic carbocycles. The number of sulfonamides is 1. The summed E-state index contributed by atoms with van der Waals surface area (Å²) in [6.07, 6.45) is 1.63. The molecule has 0 radical (unpaired) electrons. The molecule has 0 aromatic heterocycles. The van der Waals surface area contributed by atoms with Gasteiger partial charge in [0.1, 0.15) is 5.75 Å². The molecule has 0 saturated heterocycles. The van der Waals surface area contributed by atoms with Gasteiger partial charge in [-0.2, -0.15) is 4.31 Å². The molecule has 166 valence electrons. The fraction of sp³-hybridized carbons (Fsp3) is 0.240. The Bertz CT molecular complexity index is 1190. The SMILES string of the molecule is COc1ccc(CCC(=O)Nc2ccc3c(c2)CN(S(=O)(=O)c2ccccc2)CC3)cc1. The lowest BCUT2D eigenvalue weighted by atomic mass is 10.0. The van der Waals surface area contributed by atoms with Gasteiger partial charge in [0.25, 0.3) is 0 Å². The largest absolute Gasteiger partial charge is 0.497 e. The summed E-state index contributed by atoms with van der Waals surface area (Å²) >= 11 is 0. The summed E-state index contributed by atoms with van der Waals surface area (Å²) in [5.74, 6) is 0.709. The van der Waals surface area contributed by atoms with E-state index in [4.69, 9.17) is 4.74 Å². The molecule has 3 aromatic carbocycles. The molecule has 1 aliphatic rings. The fourth-order valence-electron chi connectivity index (χ4n) is 3.83. The van der Waals surface area contributed by atoms with Gasteiger partial charge in [-0.05, 0) is 65.9 Å². The van der Waals surface area contributed by atoms with E-state index in [1.807, 2.05) is 42.5 Å². The van der Waals surface area contributed by atoms with Gasteiger partial charge in [-0.3, -0.25) is 4.79 Å². The van der Waals surface area contributed by atoms with Crippen molar-refractivity contribution in [3.05, 3.63) is 89.5 Å². The Balaban J connectivity index is 1.40. The van der Waals surface area contributed by atoms with E-state index in [1.165, 1.54) is 4.31 Å². The maximum atomic E-state index is 13.0. The maximum absolute atomic E-state index is 13.0. The van der Waals surface area contributed by atoms with Crippen LogP contribution in [0.3, 0.4) is 0 Å². The van der Waals surface area contributed by atoms with Crippen molar-refractivity contribution in [2.75, 3.05) is 19.0 Å². The molecular formula is C25H26N2O4S. The number of methoxy groups -OCH3 is 1. The molecule has 32 heavy (non-hydrogen) atoms. The molecule has 0 unspecified atom stereocenters. The van der Waals surface area contributed by atoms with E-state index < -0.39 is 10.0 Å². The molecule has 0 bridgehead atoms. The Morgan fingerprint density at radius 3 is 2.47 bits per heavy atom. The minimum atomic E-state index is -3.55. The number of benzene rings is 3. The van der Waals surface area contributed by atoms with Crippen LogP contribution >= 0.6 is 0 Å². The number of hydrogen-bond acceptors (Lipinski definition) is 4. The molecule has 6 nitrogen and oxygen atoms in total. The lowest BCUT2D eigenvalue weighted by Gasteiger charge is -2.28. The van der Waals surface area contributed by atoms with Gasteiger partial charge in [-0.25, -0.2) is 8.42 Å². The van der Waals surface area contributed by atoms with Gasteiger partial charge in [-0.15, -0.1) is 0 Å². The van der Waals surface area contributed by atoms with Crippen LogP contribution in [0.4, 0.5) is 5.69 Å². The molecule has 3 aromatic rings. The summed E-state index contributed by atoms with van der Waals surface area (Å²) < 4.78 is 32.6. The van der Waals surface area contributed by atoms with Crippen molar-refractivity contribution in [2.24, 2.45) is 0 Å². The Labute approximate surface area is 188 Å². The van der Waals surface area contributed by atoms with E-state index >= 15 is 0 Å². The third-order valence-electron chi connectivity index (χ3n) is 5.65. The molecule has 1 N–H and O–H groups in total. The first-order chi connectivity index (χ1) is 15.5. The number of aryl methyl sites for hydroxylation is 1. The van der Waals surface area contributed by atoms with Crippen LogP contribution in [0.5, 0.6) is 5.75 Å². The Morgan fingerprint density at radius 1 is 1.00 bits per heavy atom. The highest BCUT2D eigenvalue weighted by Crippen LogP contribution is 2.27. The standard InChI is InChI=1S/C25H26N2O4S/c1-31-23-12-7-19(8-13-23)9-14-25(28)26-22-11-10-20-15-16-27(18-21(20)17-22)32(29,30)24-5-3-2-4-6-24/h2-8,10-13,17H,9,14-16,18H2,1H3,(H,26,28). The van der Waals surface area contributed by atoms with Gasteiger partial charge in [0, 0.05) is 25.2 Å². The highest BCUT2D eigenvalue weighted by Gasteiger charge is 2.28. The molecule has 0 fully saturated rings. The highest BCUT2D eigenvalue weighted by molar-refractivity contribution is 7.89. The second-order valence-corrected chi connectivity index (χ2v) is 9.72. The van der Waals surface area contributed by atoms with Crippen LogP contribution < -0.4 is 10.1 Å². The molecular weight excluding hydrogens is 424 g/mol. The number of amides is 1. The predicted molar refractivity (Wildman–Crippen MR) is 124 cm³/mol. The first-order valence-electron chi connectivity index (χ1n) is 10.6. The summed E-state index contributed by atoms with van der Waals surface area (Å²) in [6.45, 7) is 0.736. The first-order valence-corrected chi connectivity index (χ1v) is 12.0. The third-order valence-corrected chi connectivity index (χ3v) is 7.51. The summed E-state index contributed by atoms with van der Waals surface area (Å²) in [7, 11) is -1.93. The quantitative estimate of drug-likeness (QED) is 0.590. The summed E-state index contributed by atoms with van der Waals surface area (Å²) in [5, 5.41) is 2.94. The van der Waals surface area contributed by atoms with Crippen LogP contribution in [0.25, 0.3) is 0 Å². The molecule has 1 aliphatic heterocycles. The Hall–Kier alpha value is -3.16. The molecule has 4 rings (SSSR count). The lowest BCUT2D eigenvalue weighted by molar-refractivity contribution is -0.116. The van der Waals surface area contributed by atoms with Crippen molar-refractivity contribution in [2.45, 2.75) is 30.7 Å². The summed E-state index contributed by atoms with van der Waals surface area (Å²) in [6, 6.07) is 21.9. The number of hydrogen-bond donors (Lipinski definition) is 1. The number of ether oxygens (including phenoxy) is 1. The van der Waals surface area contributed by atoms with E-state index in [9.17, 15) is 13.2 Å². The third kappa shape index (κ3) is 5.00. The summed E-state index contributed by atoms with van der Waals surface area (Å²) in [5.41, 5.74) is 3.78. The van der Waals surface area contributed by atoms with E-state index in [0.29, 0.717) is 42.9 Å². The Kier molecular flexibility index (Phi) is 6.58. The smallest absolute Gasteiger partial charge is 0.243 e. The minimum Gasteiger partial charge on any atom is -0.497 e. The van der Waals surface area contributed by atoms with Crippen LogP contribution in [-0.4, -0.2) is 32.3 Å². The van der Waals surface area contributed by atoms with Gasteiger partial charge in [0.05, 0.1) is 12.0 Å². The van der Waals surface area contributed by atoms with E-state index in [0.717, 1.165) is 22.4 Å². The normalized spacial score (nSPS) is 13.9. The number of rotatable bonds is 7. The average molecular weight is 451 g/mol. The van der Waals surface area contributed by atoms with Crippen LogP contribution in [0.1, 0.15) is 23.1 Å². The van der Waals surface area contributed by atoms with E-state index in [-0.39, 0.29) is 5.91 Å². The zero-order chi connectivity index (χ0) is 22.6. The van der Waals surface area contributed by atoms with E-state index in [1.54, 1.807) is 37.4 Å². The van der Waals surface area contributed by atoms with Crippen LogP contribution in [0, 0.1) is 0 Å². The number of fused-ring (bicyclic) bond motifs is 1. The fourth-order valence-corrected chi connectivity index (χ4v) is 5.27. The summed E-state index contributed by atoms with van der Waals surface area (Å²) in [4.78, 5) is 12.7. The second kappa shape index (κ2) is 9.54. The van der Waals surface area contributed by atoms with Crippen molar-refractivity contribution in [3.63, 3.8) is 0 Å². The Morgan fingerprint density at radius 2 is 1.75 bits per heavy atom. The van der Waals surface area contributed by atoms with Crippen molar-refractivity contribution >= 4 is 21.6 Å². The average Bonchev–Trinajstić information content (AvgIpc) is 2.83. The van der Waals surface area contributed by atoms with Crippen molar-refractivity contribution in [3.8, 4) is 5.75 Å². The van der Waals surface area contributed by atoms with Gasteiger partial charge in [0.15, 0.2) is 0 Å². The van der Waals surface area contributed by atoms with Crippen LogP contribution in [-0.2, 0) is 34.2 Å². The van der Waals surface area contributed by atoms with Crippen molar-refractivity contribution in [1.29, 1.82) is 0 Å². The molecule has 0 spiro atoms. The van der Waals surface area contributed by atoms with Crippen molar-refractivity contribution in [1.82, 2.24) is 4.31 Å². The molecule has 0 atom stereocenters. The zero-order valence-electron chi connectivity index (χ0n) is 18.0. The molecule has 1 amide bonds. The second-order valence-electron chi connectivity index (χ2n) is 7.78. The number of carbonyl (C=O) groups excluding carboxylic acids is 1. The maximum Gasteiger partial charge on any atom is 0.243 e. The van der Waals surface area contributed by atoms with Gasteiger partial charge < -0.3 is 10.1 Å². The van der Waals surface area contributed by atoms with E-state index in [2.05, 4.69) is 5.32 Å². The van der Waals surface area contributed by atoms with Gasteiger partial charge in [-0.1, -0.05) is 36.4 Å². The molecule has 0 saturated carbocycles. The topological polar surface area (TPSA) is 75.7 Å². The number of nitrogens with one attached hydrogen (secondary N) is 1. The minimum absolute atomic E-state index is 0.0784. The number of anilines is 1. The first kappa shape index (κ1) is 22.0. The lowest BCUT2D eigenvalue weighted by Crippen LogP contribution is -2.36. The predicted octanol–water partition coefficient (Wildman–Crippen LogP) is 4.01. The zero-order valence-corrected chi connectivity index (χ0v) is 18.8. The van der Waals surface area contributed by atoms with Crippen LogP contribution in [0.15, 0.2) is 77.7 Å². The number of carbonyl (C=O) groups is 1. The van der Waals surface area contributed by atoms with Crippen molar-refractivity contribution < 1.29 is 17.9 Å². The number of nitrogens with zero attached hydrogens (tertiary/aromatic N) is 1.